The van der Waals surface area contributed by atoms with Gasteiger partial charge in [-0.3, -0.25) is 24.6 Å². The highest BCUT2D eigenvalue weighted by atomic mass is 32.2. The summed E-state index contributed by atoms with van der Waals surface area (Å²) in [6.07, 6.45) is 0.505. The van der Waals surface area contributed by atoms with Crippen LogP contribution < -0.4 is 42.1 Å². The molecule has 7 rings (SSSR count). The van der Waals surface area contributed by atoms with Gasteiger partial charge in [0.05, 0.1) is 30.1 Å². The average molecular weight is 823 g/mol. The number of carbonyl (C=O) groups excluding carboxylic acids is 4. The van der Waals surface area contributed by atoms with E-state index in [1.807, 2.05) is 66.7 Å². The third-order valence-corrected chi connectivity index (χ3v) is 11.6. The topological polar surface area (TPSA) is 223 Å². The molecule has 4 aromatic rings. The smallest absolute Gasteiger partial charge is 0.315 e. The van der Waals surface area contributed by atoms with E-state index in [2.05, 4.69) is 85.8 Å². The number of hydrogen-bond donors (Lipinski definition) is 7. The van der Waals surface area contributed by atoms with E-state index in [1.54, 1.807) is 11.8 Å². The molecular formula is C40H50N14O4S. The van der Waals surface area contributed by atoms with Gasteiger partial charge in [0.2, 0.25) is 41.5 Å². The van der Waals surface area contributed by atoms with E-state index < -0.39 is 18.2 Å². The number of thioether (sulfide) groups is 1. The number of benzene rings is 2. The summed E-state index contributed by atoms with van der Waals surface area (Å²) in [7, 11) is 0. The summed E-state index contributed by atoms with van der Waals surface area (Å²) >= 11 is 1.70. The molecule has 0 spiro atoms. The van der Waals surface area contributed by atoms with E-state index in [0.717, 1.165) is 43.1 Å². The lowest BCUT2D eigenvalue weighted by Gasteiger charge is -2.36. The minimum absolute atomic E-state index is 0.0277. The number of nitrogens with zero attached hydrogens (tertiary/aromatic N) is 7. The van der Waals surface area contributed by atoms with Crippen LogP contribution in [0.1, 0.15) is 33.1 Å². The zero-order valence-corrected chi connectivity index (χ0v) is 33.9. The van der Waals surface area contributed by atoms with E-state index in [0.29, 0.717) is 55.3 Å². The first kappa shape index (κ1) is 41.1. The molecule has 19 heteroatoms. The highest BCUT2D eigenvalue weighted by Gasteiger charge is 2.43. The molecule has 5 heterocycles. The second-order valence-electron chi connectivity index (χ2n) is 14.7. The van der Waals surface area contributed by atoms with E-state index in [9.17, 15) is 19.2 Å². The van der Waals surface area contributed by atoms with Crippen molar-refractivity contribution in [2.24, 2.45) is 0 Å². The van der Waals surface area contributed by atoms with Gasteiger partial charge in [0, 0.05) is 73.9 Å². The number of anilines is 4. The Morgan fingerprint density at radius 1 is 0.763 bits per heavy atom. The lowest BCUT2D eigenvalue weighted by molar-refractivity contribution is -0.126. The van der Waals surface area contributed by atoms with Crippen LogP contribution in [0.15, 0.2) is 66.7 Å². The highest BCUT2D eigenvalue weighted by Crippen LogP contribution is 2.32. The van der Waals surface area contributed by atoms with Crippen LogP contribution in [0.25, 0.3) is 22.5 Å². The summed E-state index contributed by atoms with van der Waals surface area (Å²) in [5.74, 6) is 0.853. The summed E-state index contributed by atoms with van der Waals surface area (Å²) < 4.78 is 0. The van der Waals surface area contributed by atoms with Gasteiger partial charge < -0.3 is 36.8 Å². The average Bonchev–Trinajstić information content (AvgIpc) is 3.80. The monoisotopic (exact) mass is 822 g/mol. The fourth-order valence-corrected chi connectivity index (χ4v) is 8.54. The lowest BCUT2D eigenvalue weighted by atomic mass is 10.1. The second-order valence-corrected chi connectivity index (χ2v) is 16.0. The normalized spacial score (nSPS) is 18.7. The maximum absolute atomic E-state index is 13.0. The predicted molar refractivity (Wildman–Crippen MR) is 228 cm³/mol. The Bertz CT molecular complexity index is 2030. The van der Waals surface area contributed by atoms with E-state index in [1.165, 1.54) is 0 Å². The molecule has 2 aromatic heterocycles. The van der Waals surface area contributed by atoms with Gasteiger partial charge >= 0.3 is 6.03 Å². The van der Waals surface area contributed by atoms with Crippen LogP contribution in [-0.4, -0.2) is 129 Å². The molecule has 7 N–H and O–H groups in total. The van der Waals surface area contributed by atoms with Crippen molar-refractivity contribution >= 4 is 59.3 Å². The molecule has 3 atom stereocenters. The van der Waals surface area contributed by atoms with Crippen molar-refractivity contribution in [3.63, 3.8) is 0 Å². The molecule has 0 bridgehead atoms. The van der Waals surface area contributed by atoms with Crippen LogP contribution in [0.3, 0.4) is 0 Å². The Labute approximate surface area is 346 Å². The number of hydrogen-bond acceptors (Lipinski definition) is 14. The number of aromatic nitrogens is 5. The number of fused-ring (bicyclic) bond motifs is 1. The quantitative estimate of drug-likeness (QED) is 0.0352. The van der Waals surface area contributed by atoms with Gasteiger partial charge in [0.15, 0.2) is 0 Å². The number of nitrogens with one attached hydrogen (secondary N) is 7. The van der Waals surface area contributed by atoms with Gasteiger partial charge in [-0.05, 0) is 26.3 Å². The van der Waals surface area contributed by atoms with E-state index in [4.69, 9.17) is 0 Å². The Hall–Kier alpha value is -6.08. The van der Waals surface area contributed by atoms with E-state index >= 15 is 0 Å². The van der Waals surface area contributed by atoms with Gasteiger partial charge in [-0.15, -0.1) is 0 Å². The Morgan fingerprint density at radius 3 is 2.08 bits per heavy atom. The van der Waals surface area contributed by atoms with Crippen molar-refractivity contribution in [2.45, 2.75) is 56.5 Å². The van der Waals surface area contributed by atoms with Crippen LogP contribution in [0.5, 0.6) is 0 Å². The number of urea groups is 1. The summed E-state index contributed by atoms with van der Waals surface area (Å²) in [6, 6.07) is 21.4. The molecule has 59 heavy (non-hydrogen) atoms. The van der Waals surface area contributed by atoms with Crippen LogP contribution in [0.2, 0.25) is 0 Å². The molecule has 0 aliphatic carbocycles. The van der Waals surface area contributed by atoms with Crippen molar-refractivity contribution < 1.29 is 19.2 Å². The van der Waals surface area contributed by atoms with Gasteiger partial charge in [-0.1, -0.05) is 60.7 Å². The first-order valence-electron chi connectivity index (χ1n) is 19.9. The van der Waals surface area contributed by atoms with Gasteiger partial charge in [0.25, 0.3) is 0 Å². The molecule has 3 fully saturated rings. The largest absolute Gasteiger partial charge is 0.356 e. The number of piperazine rings is 1. The molecule has 0 radical (unpaired) electrons. The second kappa shape index (κ2) is 19.6. The molecule has 18 nitrogen and oxygen atoms in total. The minimum Gasteiger partial charge on any atom is -0.356 e. The maximum atomic E-state index is 13.0. The Morgan fingerprint density at radius 2 is 1.42 bits per heavy atom. The highest BCUT2D eigenvalue weighted by molar-refractivity contribution is 8.00. The van der Waals surface area contributed by atoms with Crippen molar-refractivity contribution in [3.8, 4) is 22.5 Å². The van der Waals surface area contributed by atoms with Crippen LogP contribution >= 0.6 is 11.8 Å². The first-order valence-corrected chi connectivity index (χ1v) is 21.0. The zero-order chi connectivity index (χ0) is 41.1. The third kappa shape index (κ3) is 11.3. The van der Waals surface area contributed by atoms with Crippen LogP contribution in [0, 0.1) is 0 Å². The van der Waals surface area contributed by atoms with Crippen molar-refractivity contribution in [2.75, 3.05) is 72.5 Å². The molecule has 3 aliphatic heterocycles. The standard InChI is InChI=1S/C40H50N14O4S/c1-25(2)53-16-18-54(19-17-53)39-51-36(42-15-9-14-41-32(55)21-31-35-30(23-59-31)47-40(58)49-35)50-37(52-39)44-24-43-33(56)22-34(57)48-38-45-28(26-10-5-3-6-11-26)20-29(46-38)27-12-7-4-8-13-27/h3-8,10-13,20,25,30-31,35H,9,14-19,21-24H2,1-2H3,(H,41,55)(H,43,56)(H2,47,49,58)(H,45,46,48,57)(H2,42,44,50,51,52)/t30?,31-,35?/m0/s1. The fraction of sp³-hybridized carbons (Fsp3) is 0.425. The summed E-state index contributed by atoms with van der Waals surface area (Å²) in [5.41, 5.74) is 2.99. The van der Waals surface area contributed by atoms with Crippen LogP contribution in [0.4, 0.5) is 28.6 Å². The SMILES string of the molecule is CC(C)N1CCN(c2nc(NCCCNC(=O)C[C@@H]3SCC4NC(=O)NC43)nc(NCNC(=O)CC(=O)Nc3nc(-c4ccccc4)cc(-c4ccccc4)n3)n2)CC1. The fourth-order valence-electron chi connectivity index (χ4n) is 7.06. The van der Waals surface area contributed by atoms with Crippen molar-refractivity contribution in [1.29, 1.82) is 0 Å². The molecule has 3 aliphatic rings. The summed E-state index contributed by atoms with van der Waals surface area (Å²) in [6.45, 7) is 8.48. The number of amides is 5. The zero-order valence-electron chi connectivity index (χ0n) is 33.1. The number of carbonyl (C=O) groups is 4. The lowest BCUT2D eigenvalue weighted by Crippen LogP contribution is -2.49. The molecular weight excluding hydrogens is 773 g/mol. The van der Waals surface area contributed by atoms with Crippen LogP contribution in [-0.2, 0) is 14.4 Å². The molecule has 3 saturated heterocycles. The first-order chi connectivity index (χ1) is 28.7. The predicted octanol–water partition coefficient (Wildman–Crippen LogP) is 2.51. The summed E-state index contributed by atoms with van der Waals surface area (Å²) in [4.78, 5) is 77.8. The maximum Gasteiger partial charge on any atom is 0.315 e. The minimum atomic E-state index is -0.567. The number of rotatable bonds is 17. The molecule has 310 valence electrons. The van der Waals surface area contributed by atoms with Crippen molar-refractivity contribution in [3.05, 3.63) is 66.7 Å². The summed E-state index contributed by atoms with van der Waals surface area (Å²) in [5, 5.41) is 20.5. The Balaban J connectivity index is 0.914. The van der Waals surface area contributed by atoms with Gasteiger partial charge in [-0.2, -0.15) is 26.7 Å². The molecule has 2 unspecified atom stereocenters. The molecule has 2 aromatic carbocycles. The Kier molecular flexibility index (Phi) is 13.6. The molecule has 5 amide bonds. The van der Waals surface area contributed by atoms with Crippen molar-refractivity contribution in [1.82, 2.24) is 51.1 Å². The van der Waals surface area contributed by atoms with E-state index in [-0.39, 0.29) is 47.8 Å². The molecule has 0 saturated carbocycles. The van der Waals surface area contributed by atoms with Gasteiger partial charge in [0.1, 0.15) is 6.42 Å². The van der Waals surface area contributed by atoms with Gasteiger partial charge in [-0.25, -0.2) is 14.8 Å². The third-order valence-electron chi connectivity index (χ3n) is 10.2.